The summed E-state index contributed by atoms with van der Waals surface area (Å²) in [6, 6.07) is 5.52. The van der Waals surface area contributed by atoms with Crippen LogP contribution < -0.4 is 5.32 Å². The molecule has 0 radical (unpaired) electrons. The van der Waals surface area contributed by atoms with Gasteiger partial charge in [0.05, 0.1) is 23.1 Å². The molecule has 2 aromatic rings. The number of amides is 2. The smallest absolute Gasteiger partial charge is 0.317 e. The number of hydrogen-bond acceptors (Lipinski definition) is 3. The van der Waals surface area contributed by atoms with Gasteiger partial charge in [0.2, 0.25) is 0 Å². The zero-order valence-electron chi connectivity index (χ0n) is 10.8. The van der Waals surface area contributed by atoms with Gasteiger partial charge in [0.1, 0.15) is 0 Å². The van der Waals surface area contributed by atoms with Crippen molar-refractivity contribution in [1.82, 2.24) is 20.0 Å². The summed E-state index contributed by atoms with van der Waals surface area (Å²) in [5.41, 5.74) is 0.959. The van der Waals surface area contributed by atoms with Crippen LogP contribution in [0.15, 0.2) is 24.4 Å². The van der Waals surface area contributed by atoms with Crippen LogP contribution in [-0.2, 0) is 20.1 Å². The van der Waals surface area contributed by atoms with Crippen LogP contribution in [0.25, 0.3) is 0 Å². The molecule has 0 saturated carbocycles. The molecule has 5 nitrogen and oxygen atoms in total. The van der Waals surface area contributed by atoms with Crippen LogP contribution in [0.5, 0.6) is 0 Å². The molecule has 0 aliphatic rings. The molecule has 0 saturated heterocycles. The Balaban J connectivity index is 1.84. The van der Waals surface area contributed by atoms with E-state index < -0.39 is 0 Å². The molecule has 0 bridgehead atoms. The molecular weight excluding hydrogens is 284 g/mol. The molecule has 19 heavy (non-hydrogen) atoms. The zero-order chi connectivity index (χ0) is 13.8. The Kier molecular flexibility index (Phi) is 4.44. The van der Waals surface area contributed by atoms with Crippen molar-refractivity contribution in [3.8, 4) is 0 Å². The van der Waals surface area contributed by atoms with Gasteiger partial charge in [0.25, 0.3) is 0 Å². The Bertz CT molecular complexity index is 566. The molecule has 0 atom stereocenters. The Hall–Kier alpha value is -1.53. The number of nitrogens with zero attached hydrogens (tertiary/aromatic N) is 3. The van der Waals surface area contributed by atoms with E-state index in [9.17, 15) is 4.79 Å². The van der Waals surface area contributed by atoms with Crippen LogP contribution >= 0.6 is 22.9 Å². The van der Waals surface area contributed by atoms with E-state index >= 15 is 0 Å². The standard InChI is InChI=1S/C12H15ClN4OS/c1-16(8-10-3-4-11(13)19-10)12(18)14-7-9-5-6-15-17(9)2/h3-6H,7-8H2,1-2H3,(H,14,18). The molecule has 0 aliphatic heterocycles. The number of hydrogen-bond donors (Lipinski definition) is 1. The van der Waals surface area contributed by atoms with E-state index in [1.807, 2.05) is 25.2 Å². The van der Waals surface area contributed by atoms with Crippen molar-refractivity contribution >= 4 is 29.0 Å². The van der Waals surface area contributed by atoms with Gasteiger partial charge in [0.15, 0.2) is 0 Å². The van der Waals surface area contributed by atoms with E-state index in [-0.39, 0.29) is 6.03 Å². The second-order valence-electron chi connectivity index (χ2n) is 4.17. The lowest BCUT2D eigenvalue weighted by Crippen LogP contribution is -2.36. The molecule has 2 rings (SSSR count). The molecule has 1 N–H and O–H groups in total. The van der Waals surface area contributed by atoms with E-state index in [0.717, 1.165) is 14.9 Å². The number of carbonyl (C=O) groups excluding carboxylic acids is 1. The second-order valence-corrected chi connectivity index (χ2v) is 5.97. The monoisotopic (exact) mass is 298 g/mol. The number of nitrogens with one attached hydrogen (secondary N) is 1. The summed E-state index contributed by atoms with van der Waals surface area (Å²) < 4.78 is 2.47. The van der Waals surface area contributed by atoms with Crippen molar-refractivity contribution in [3.63, 3.8) is 0 Å². The van der Waals surface area contributed by atoms with Gasteiger partial charge >= 0.3 is 6.03 Å². The van der Waals surface area contributed by atoms with E-state index in [0.29, 0.717) is 13.1 Å². The summed E-state index contributed by atoms with van der Waals surface area (Å²) in [4.78, 5) is 14.6. The minimum atomic E-state index is -0.120. The maximum Gasteiger partial charge on any atom is 0.317 e. The van der Waals surface area contributed by atoms with E-state index in [1.165, 1.54) is 11.3 Å². The third-order valence-electron chi connectivity index (χ3n) is 2.71. The van der Waals surface area contributed by atoms with Gasteiger partial charge in [0, 0.05) is 25.2 Å². The molecule has 0 fully saturated rings. The summed E-state index contributed by atoms with van der Waals surface area (Å²) in [7, 11) is 3.60. The molecule has 0 spiro atoms. The summed E-state index contributed by atoms with van der Waals surface area (Å²) in [6.07, 6.45) is 1.71. The Morgan fingerprint density at radius 2 is 2.32 bits per heavy atom. The van der Waals surface area contributed by atoms with Gasteiger partial charge in [-0.15, -0.1) is 11.3 Å². The molecule has 0 aromatic carbocycles. The molecule has 0 unspecified atom stereocenters. The third kappa shape index (κ3) is 3.71. The minimum absolute atomic E-state index is 0.120. The van der Waals surface area contributed by atoms with Crippen molar-refractivity contribution in [3.05, 3.63) is 39.3 Å². The highest BCUT2D eigenvalue weighted by Crippen LogP contribution is 2.22. The van der Waals surface area contributed by atoms with Crippen molar-refractivity contribution in [2.75, 3.05) is 7.05 Å². The lowest BCUT2D eigenvalue weighted by molar-refractivity contribution is 0.206. The fraction of sp³-hybridized carbons (Fsp3) is 0.333. The van der Waals surface area contributed by atoms with Crippen molar-refractivity contribution in [2.24, 2.45) is 7.05 Å². The topological polar surface area (TPSA) is 50.2 Å². The Morgan fingerprint density at radius 1 is 1.53 bits per heavy atom. The Morgan fingerprint density at radius 3 is 2.89 bits per heavy atom. The summed E-state index contributed by atoms with van der Waals surface area (Å²) in [6.45, 7) is 1.01. The fourth-order valence-electron chi connectivity index (χ4n) is 1.62. The number of aromatic nitrogens is 2. The average molecular weight is 299 g/mol. The Labute approximate surface area is 120 Å². The van der Waals surface area contributed by atoms with E-state index in [2.05, 4.69) is 10.4 Å². The number of urea groups is 1. The van der Waals surface area contributed by atoms with Gasteiger partial charge < -0.3 is 10.2 Å². The first-order chi connectivity index (χ1) is 9.06. The number of carbonyl (C=O) groups is 1. The first kappa shape index (κ1) is 13.9. The maximum atomic E-state index is 11.9. The SMILES string of the molecule is CN(Cc1ccc(Cl)s1)C(=O)NCc1ccnn1C. The highest BCUT2D eigenvalue weighted by Gasteiger charge is 2.10. The molecule has 0 aliphatic carbocycles. The van der Waals surface area contributed by atoms with Gasteiger partial charge in [-0.2, -0.15) is 5.10 Å². The number of halogens is 1. The predicted octanol–water partition coefficient (Wildman–Crippen LogP) is 2.48. The summed E-state index contributed by atoms with van der Waals surface area (Å²) in [5.74, 6) is 0. The van der Waals surface area contributed by atoms with Crippen molar-refractivity contribution in [1.29, 1.82) is 0 Å². The summed E-state index contributed by atoms with van der Waals surface area (Å²) in [5, 5.41) is 6.90. The quantitative estimate of drug-likeness (QED) is 0.943. The van der Waals surface area contributed by atoms with Crippen LogP contribution in [0.1, 0.15) is 10.6 Å². The lowest BCUT2D eigenvalue weighted by Gasteiger charge is -2.17. The van der Waals surface area contributed by atoms with Crippen LogP contribution in [0.2, 0.25) is 4.34 Å². The number of rotatable bonds is 4. The van der Waals surface area contributed by atoms with E-state index in [1.54, 1.807) is 22.8 Å². The molecule has 7 heteroatoms. The summed E-state index contributed by atoms with van der Waals surface area (Å²) >= 11 is 7.34. The van der Waals surface area contributed by atoms with Gasteiger partial charge in [-0.1, -0.05) is 11.6 Å². The lowest BCUT2D eigenvalue weighted by atomic mass is 10.4. The predicted molar refractivity (Wildman–Crippen MR) is 76.2 cm³/mol. The van der Waals surface area contributed by atoms with Crippen molar-refractivity contribution < 1.29 is 4.79 Å². The highest BCUT2D eigenvalue weighted by molar-refractivity contribution is 7.16. The average Bonchev–Trinajstić information content (AvgIpc) is 2.95. The number of aryl methyl sites for hydroxylation is 1. The van der Waals surface area contributed by atoms with Crippen LogP contribution in [-0.4, -0.2) is 27.8 Å². The largest absolute Gasteiger partial charge is 0.332 e. The first-order valence-electron chi connectivity index (χ1n) is 5.76. The highest BCUT2D eigenvalue weighted by atomic mass is 35.5. The fourth-order valence-corrected chi connectivity index (χ4v) is 2.76. The minimum Gasteiger partial charge on any atom is -0.332 e. The van der Waals surface area contributed by atoms with Gasteiger partial charge in [-0.25, -0.2) is 4.79 Å². The molecule has 2 heterocycles. The normalized spacial score (nSPS) is 10.5. The van der Waals surface area contributed by atoms with Crippen LogP contribution in [0.4, 0.5) is 4.79 Å². The molecule has 102 valence electrons. The van der Waals surface area contributed by atoms with E-state index in [4.69, 9.17) is 11.6 Å². The van der Waals surface area contributed by atoms with Crippen LogP contribution in [0.3, 0.4) is 0 Å². The van der Waals surface area contributed by atoms with Crippen molar-refractivity contribution in [2.45, 2.75) is 13.1 Å². The van der Waals surface area contributed by atoms with Crippen LogP contribution in [0, 0.1) is 0 Å². The van der Waals surface area contributed by atoms with Gasteiger partial charge in [-0.3, -0.25) is 4.68 Å². The molecular formula is C12H15ClN4OS. The second kappa shape index (κ2) is 6.08. The van der Waals surface area contributed by atoms with Gasteiger partial charge in [-0.05, 0) is 18.2 Å². The number of thiophene rings is 1. The molecule has 2 amide bonds. The third-order valence-corrected chi connectivity index (χ3v) is 3.93. The zero-order valence-corrected chi connectivity index (χ0v) is 12.3. The molecule has 2 aromatic heterocycles. The first-order valence-corrected chi connectivity index (χ1v) is 6.96. The maximum absolute atomic E-state index is 11.9.